The molecule has 1 heterocycles. The lowest BCUT2D eigenvalue weighted by atomic mass is 10.3. The van der Waals surface area contributed by atoms with Crippen molar-refractivity contribution in [3.63, 3.8) is 0 Å². The highest BCUT2D eigenvalue weighted by atomic mass is 35.5. The minimum absolute atomic E-state index is 0.0587. The summed E-state index contributed by atoms with van der Waals surface area (Å²) in [6, 6.07) is 6.53. The molecule has 1 aromatic carbocycles. The van der Waals surface area contributed by atoms with Crippen molar-refractivity contribution in [3.05, 3.63) is 41.3 Å². The molecule has 7 heteroatoms. The van der Waals surface area contributed by atoms with Crippen molar-refractivity contribution in [2.24, 2.45) is 5.84 Å². The zero-order valence-corrected chi connectivity index (χ0v) is 9.28. The van der Waals surface area contributed by atoms with Gasteiger partial charge in [-0.25, -0.2) is 10.8 Å². The largest absolute Gasteiger partial charge is 0.436 e. The standard InChI is InChI=1S/C10H8ClFN4O/c11-6-2-1-3-7(4-6)17-9-8(12)5-14-10(15-9)16-13/h1-5H,13H2,(H,14,15,16). The summed E-state index contributed by atoms with van der Waals surface area (Å²) in [6.45, 7) is 0. The number of hydrogen-bond donors (Lipinski definition) is 2. The van der Waals surface area contributed by atoms with Crippen LogP contribution in [0.25, 0.3) is 0 Å². The molecule has 0 unspecified atom stereocenters. The van der Waals surface area contributed by atoms with E-state index >= 15 is 0 Å². The van der Waals surface area contributed by atoms with Gasteiger partial charge in [0.05, 0.1) is 6.20 Å². The van der Waals surface area contributed by atoms with E-state index in [1.165, 1.54) is 0 Å². The van der Waals surface area contributed by atoms with Crippen molar-refractivity contribution in [2.45, 2.75) is 0 Å². The van der Waals surface area contributed by atoms with Gasteiger partial charge in [-0.1, -0.05) is 17.7 Å². The van der Waals surface area contributed by atoms with Crippen LogP contribution in [0.2, 0.25) is 5.02 Å². The van der Waals surface area contributed by atoms with Gasteiger partial charge >= 0.3 is 0 Å². The van der Waals surface area contributed by atoms with Crippen LogP contribution in [0.4, 0.5) is 10.3 Å². The lowest BCUT2D eigenvalue weighted by Gasteiger charge is -2.06. The van der Waals surface area contributed by atoms with Gasteiger partial charge in [-0.2, -0.15) is 9.37 Å². The van der Waals surface area contributed by atoms with Gasteiger partial charge in [0.25, 0.3) is 5.88 Å². The van der Waals surface area contributed by atoms with E-state index in [1.807, 2.05) is 0 Å². The minimum Gasteiger partial charge on any atom is -0.436 e. The number of nitrogens with zero attached hydrogens (tertiary/aromatic N) is 2. The number of ether oxygens (including phenoxy) is 1. The number of nitrogens with two attached hydrogens (primary N) is 1. The third-order valence-electron chi connectivity index (χ3n) is 1.85. The number of nitrogens with one attached hydrogen (secondary N) is 1. The highest BCUT2D eigenvalue weighted by Crippen LogP contribution is 2.24. The molecule has 0 saturated carbocycles. The lowest BCUT2D eigenvalue weighted by molar-refractivity contribution is 0.420. The number of halogens is 2. The molecule has 0 spiro atoms. The fraction of sp³-hybridized carbons (Fsp3) is 0. The first-order chi connectivity index (χ1) is 8.19. The van der Waals surface area contributed by atoms with Gasteiger partial charge in [-0.3, -0.25) is 5.43 Å². The van der Waals surface area contributed by atoms with Crippen molar-refractivity contribution >= 4 is 17.5 Å². The number of rotatable bonds is 3. The fourth-order valence-electron chi connectivity index (χ4n) is 1.13. The van der Waals surface area contributed by atoms with E-state index in [9.17, 15) is 4.39 Å². The molecular formula is C10H8ClFN4O. The number of aromatic nitrogens is 2. The molecule has 0 fully saturated rings. The quantitative estimate of drug-likeness (QED) is 0.650. The molecule has 0 aliphatic heterocycles. The first kappa shape index (κ1) is 11.6. The van der Waals surface area contributed by atoms with Crippen LogP contribution in [0.15, 0.2) is 30.5 Å². The number of nitrogen functional groups attached to an aromatic ring is 1. The molecule has 0 bridgehead atoms. The van der Waals surface area contributed by atoms with E-state index in [0.29, 0.717) is 10.8 Å². The molecule has 2 aromatic rings. The van der Waals surface area contributed by atoms with Crippen LogP contribution in [-0.2, 0) is 0 Å². The molecule has 2 rings (SSSR count). The zero-order chi connectivity index (χ0) is 12.3. The highest BCUT2D eigenvalue weighted by molar-refractivity contribution is 6.30. The average Bonchev–Trinajstić information content (AvgIpc) is 2.32. The summed E-state index contributed by atoms with van der Waals surface area (Å²) < 4.78 is 18.6. The normalized spacial score (nSPS) is 10.1. The zero-order valence-electron chi connectivity index (χ0n) is 8.52. The van der Waals surface area contributed by atoms with E-state index in [4.69, 9.17) is 22.2 Å². The van der Waals surface area contributed by atoms with Gasteiger partial charge in [-0.15, -0.1) is 0 Å². The molecular weight excluding hydrogens is 247 g/mol. The first-order valence-corrected chi connectivity index (χ1v) is 4.99. The molecule has 88 valence electrons. The maximum absolute atomic E-state index is 13.3. The third-order valence-corrected chi connectivity index (χ3v) is 2.09. The van der Waals surface area contributed by atoms with E-state index in [-0.39, 0.29) is 11.8 Å². The third kappa shape index (κ3) is 2.80. The summed E-state index contributed by atoms with van der Waals surface area (Å²) >= 11 is 5.77. The van der Waals surface area contributed by atoms with Crippen molar-refractivity contribution in [1.29, 1.82) is 0 Å². The Morgan fingerprint density at radius 2 is 2.24 bits per heavy atom. The second-order valence-corrected chi connectivity index (χ2v) is 3.49. The van der Waals surface area contributed by atoms with Crippen molar-refractivity contribution in [3.8, 4) is 11.6 Å². The summed E-state index contributed by atoms with van der Waals surface area (Å²) in [5.74, 6) is 4.63. The van der Waals surface area contributed by atoms with Crippen LogP contribution < -0.4 is 16.0 Å². The van der Waals surface area contributed by atoms with E-state index < -0.39 is 5.82 Å². The maximum Gasteiger partial charge on any atom is 0.260 e. The monoisotopic (exact) mass is 254 g/mol. The van der Waals surface area contributed by atoms with E-state index in [2.05, 4.69) is 15.4 Å². The summed E-state index contributed by atoms with van der Waals surface area (Å²) in [4.78, 5) is 7.32. The van der Waals surface area contributed by atoms with E-state index in [1.54, 1.807) is 24.3 Å². The Kier molecular flexibility index (Phi) is 3.36. The second kappa shape index (κ2) is 4.94. The summed E-state index contributed by atoms with van der Waals surface area (Å²) in [6.07, 6.45) is 0.960. The molecule has 5 nitrogen and oxygen atoms in total. The molecule has 0 aliphatic carbocycles. The number of benzene rings is 1. The van der Waals surface area contributed by atoms with Gasteiger partial charge in [0.2, 0.25) is 11.8 Å². The van der Waals surface area contributed by atoms with Gasteiger partial charge in [0.15, 0.2) is 0 Å². The highest BCUT2D eigenvalue weighted by Gasteiger charge is 2.09. The van der Waals surface area contributed by atoms with Crippen LogP contribution >= 0.6 is 11.6 Å². The van der Waals surface area contributed by atoms with Gasteiger partial charge in [-0.05, 0) is 18.2 Å². The predicted molar refractivity (Wildman–Crippen MR) is 61.3 cm³/mol. The summed E-state index contributed by atoms with van der Waals surface area (Å²) in [5.41, 5.74) is 2.20. The Morgan fingerprint density at radius 3 is 2.94 bits per heavy atom. The van der Waals surface area contributed by atoms with Crippen molar-refractivity contribution < 1.29 is 9.13 Å². The van der Waals surface area contributed by atoms with Gasteiger partial charge < -0.3 is 4.74 Å². The molecule has 17 heavy (non-hydrogen) atoms. The predicted octanol–water partition coefficient (Wildman–Crippen LogP) is 2.35. The van der Waals surface area contributed by atoms with Gasteiger partial charge in [0.1, 0.15) is 5.75 Å². The number of anilines is 1. The molecule has 0 saturated heterocycles. The van der Waals surface area contributed by atoms with Crippen molar-refractivity contribution in [2.75, 3.05) is 5.43 Å². The van der Waals surface area contributed by atoms with Crippen LogP contribution in [0, 0.1) is 5.82 Å². The minimum atomic E-state index is -0.691. The first-order valence-electron chi connectivity index (χ1n) is 4.61. The van der Waals surface area contributed by atoms with Crippen LogP contribution in [0.5, 0.6) is 11.6 Å². The number of hydrogen-bond acceptors (Lipinski definition) is 5. The molecule has 0 atom stereocenters. The molecule has 3 N–H and O–H groups in total. The molecule has 1 aromatic heterocycles. The van der Waals surface area contributed by atoms with E-state index in [0.717, 1.165) is 6.20 Å². The molecule has 0 radical (unpaired) electrons. The van der Waals surface area contributed by atoms with Crippen LogP contribution in [-0.4, -0.2) is 9.97 Å². The fourth-order valence-corrected chi connectivity index (χ4v) is 1.32. The summed E-state index contributed by atoms with van der Waals surface area (Å²) in [5, 5.41) is 0.481. The Bertz CT molecular complexity index is 537. The molecule has 0 aliphatic rings. The Balaban J connectivity index is 2.29. The SMILES string of the molecule is NNc1ncc(F)c(Oc2cccc(Cl)c2)n1. The van der Waals surface area contributed by atoms with Crippen molar-refractivity contribution in [1.82, 2.24) is 9.97 Å². The van der Waals surface area contributed by atoms with Gasteiger partial charge in [0, 0.05) is 5.02 Å². The number of hydrazine groups is 1. The second-order valence-electron chi connectivity index (χ2n) is 3.05. The average molecular weight is 255 g/mol. The Labute approximate surface area is 101 Å². The Morgan fingerprint density at radius 1 is 1.41 bits per heavy atom. The molecule has 0 amide bonds. The Hall–Kier alpha value is -1.92. The topological polar surface area (TPSA) is 73.1 Å². The van der Waals surface area contributed by atoms with Crippen LogP contribution in [0.1, 0.15) is 0 Å². The smallest absolute Gasteiger partial charge is 0.260 e. The maximum atomic E-state index is 13.3. The lowest BCUT2D eigenvalue weighted by Crippen LogP contribution is -2.11. The summed E-state index contributed by atoms with van der Waals surface area (Å²) in [7, 11) is 0. The van der Waals surface area contributed by atoms with Crippen LogP contribution in [0.3, 0.4) is 0 Å².